The van der Waals surface area contributed by atoms with Crippen LogP contribution in [0.4, 0.5) is 18.9 Å². The second-order valence-electron chi connectivity index (χ2n) is 2.87. The number of nitrogens with zero attached hydrogens (tertiary/aromatic N) is 2. The van der Waals surface area contributed by atoms with Gasteiger partial charge < -0.3 is 10.1 Å². The average Bonchev–Trinajstić information content (AvgIpc) is 2.50. The van der Waals surface area contributed by atoms with Crippen LogP contribution in [-0.4, -0.2) is 9.38 Å². The summed E-state index contributed by atoms with van der Waals surface area (Å²) < 4.78 is 38.2. The summed E-state index contributed by atoms with van der Waals surface area (Å²) in [6.45, 7) is 0. The Morgan fingerprint density at radius 2 is 2.07 bits per heavy atom. The zero-order valence-electron chi connectivity index (χ0n) is 6.92. The van der Waals surface area contributed by atoms with Gasteiger partial charge in [0.25, 0.3) is 0 Å². The lowest BCUT2D eigenvalue weighted by molar-refractivity contribution is -0.137. The van der Waals surface area contributed by atoms with E-state index in [2.05, 4.69) is 4.98 Å². The van der Waals surface area contributed by atoms with E-state index >= 15 is 0 Å². The monoisotopic (exact) mass is 201 g/mol. The maximum absolute atomic E-state index is 12.3. The van der Waals surface area contributed by atoms with Crippen molar-refractivity contribution in [1.29, 1.82) is 0 Å². The van der Waals surface area contributed by atoms with Gasteiger partial charge in [0.2, 0.25) is 0 Å². The molecule has 2 heterocycles. The van der Waals surface area contributed by atoms with Gasteiger partial charge in [0.15, 0.2) is 0 Å². The highest BCUT2D eigenvalue weighted by atomic mass is 19.4. The minimum absolute atomic E-state index is 0.0670. The maximum Gasteiger partial charge on any atom is 0.417 e. The molecule has 0 aromatic carbocycles. The van der Waals surface area contributed by atoms with Crippen LogP contribution in [0.15, 0.2) is 24.8 Å². The lowest BCUT2D eigenvalue weighted by Gasteiger charge is -2.08. The first-order valence-electron chi connectivity index (χ1n) is 3.77. The second kappa shape index (κ2) is 2.63. The Hall–Kier alpha value is -1.72. The van der Waals surface area contributed by atoms with Gasteiger partial charge in [-0.1, -0.05) is 0 Å². The molecular weight excluding hydrogens is 195 g/mol. The standard InChI is InChI=1S/C8H6F3N3/c9-8(10,11)5-1-6(12)7-2-13-4-14(7)3-5/h1-4H,12H2. The van der Waals surface area contributed by atoms with E-state index in [1.165, 1.54) is 16.9 Å². The molecule has 2 aromatic heterocycles. The lowest BCUT2D eigenvalue weighted by atomic mass is 10.2. The largest absolute Gasteiger partial charge is 0.417 e. The number of halogens is 3. The number of alkyl halides is 3. The fraction of sp³-hybridized carbons (Fsp3) is 0.125. The van der Waals surface area contributed by atoms with Gasteiger partial charge in [0, 0.05) is 6.20 Å². The third-order valence-electron chi connectivity index (χ3n) is 1.88. The van der Waals surface area contributed by atoms with Crippen molar-refractivity contribution in [2.45, 2.75) is 6.18 Å². The number of rotatable bonds is 0. The molecule has 2 aromatic rings. The van der Waals surface area contributed by atoms with E-state index in [4.69, 9.17) is 5.73 Å². The molecule has 0 bridgehead atoms. The fourth-order valence-corrected chi connectivity index (χ4v) is 1.21. The smallest absolute Gasteiger partial charge is 0.397 e. The minimum atomic E-state index is -4.38. The quantitative estimate of drug-likeness (QED) is 0.707. The zero-order chi connectivity index (χ0) is 10.3. The van der Waals surface area contributed by atoms with Crippen molar-refractivity contribution in [2.24, 2.45) is 0 Å². The number of aromatic nitrogens is 2. The van der Waals surface area contributed by atoms with E-state index in [0.29, 0.717) is 5.52 Å². The first kappa shape index (κ1) is 8.86. The molecule has 0 saturated heterocycles. The van der Waals surface area contributed by atoms with E-state index in [0.717, 1.165) is 12.3 Å². The number of pyridine rings is 1. The fourth-order valence-electron chi connectivity index (χ4n) is 1.21. The molecule has 6 heteroatoms. The highest BCUT2D eigenvalue weighted by molar-refractivity contribution is 5.69. The SMILES string of the molecule is Nc1cc(C(F)(F)F)cn2cncc12. The Labute approximate surface area is 77.0 Å². The average molecular weight is 201 g/mol. The Morgan fingerprint density at radius 1 is 1.36 bits per heavy atom. The number of hydrogen-bond donors (Lipinski definition) is 1. The summed E-state index contributed by atoms with van der Waals surface area (Å²) in [6.07, 6.45) is -0.734. The van der Waals surface area contributed by atoms with Crippen LogP contribution in [0.1, 0.15) is 5.56 Å². The Kier molecular flexibility index (Phi) is 1.67. The second-order valence-corrected chi connectivity index (χ2v) is 2.87. The first-order chi connectivity index (χ1) is 6.48. The first-order valence-corrected chi connectivity index (χ1v) is 3.77. The third-order valence-corrected chi connectivity index (χ3v) is 1.88. The molecule has 2 rings (SSSR count). The number of fused-ring (bicyclic) bond motifs is 1. The molecule has 0 aliphatic rings. The molecule has 3 nitrogen and oxygen atoms in total. The van der Waals surface area contributed by atoms with Gasteiger partial charge in [0.05, 0.1) is 29.3 Å². The molecule has 0 radical (unpaired) electrons. The van der Waals surface area contributed by atoms with Crippen LogP contribution >= 0.6 is 0 Å². The van der Waals surface area contributed by atoms with Crippen LogP contribution in [0.2, 0.25) is 0 Å². The molecule has 2 N–H and O–H groups in total. The summed E-state index contributed by atoms with van der Waals surface area (Å²) in [7, 11) is 0. The maximum atomic E-state index is 12.3. The molecule has 0 amide bonds. The summed E-state index contributed by atoms with van der Waals surface area (Å²) in [5, 5.41) is 0. The van der Waals surface area contributed by atoms with Crippen molar-refractivity contribution in [1.82, 2.24) is 9.38 Å². The topological polar surface area (TPSA) is 43.3 Å². The number of anilines is 1. The number of nitrogen functional groups attached to an aromatic ring is 1. The Bertz CT molecular complexity index is 472. The molecule has 0 fully saturated rings. The van der Waals surface area contributed by atoms with Gasteiger partial charge >= 0.3 is 6.18 Å². The van der Waals surface area contributed by atoms with E-state index in [1.54, 1.807) is 0 Å². The molecule has 74 valence electrons. The molecule has 0 spiro atoms. The van der Waals surface area contributed by atoms with Gasteiger partial charge in [-0.05, 0) is 6.07 Å². The Balaban J connectivity index is 2.70. The molecule has 0 atom stereocenters. The normalized spacial score (nSPS) is 12.2. The van der Waals surface area contributed by atoms with Crippen LogP contribution < -0.4 is 5.73 Å². The van der Waals surface area contributed by atoms with Crippen molar-refractivity contribution in [2.75, 3.05) is 5.73 Å². The number of nitrogens with two attached hydrogens (primary N) is 1. The van der Waals surface area contributed by atoms with Gasteiger partial charge in [-0.25, -0.2) is 4.98 Å². The summed E-state index contributed by atoms with van der Waals surface area (Å²) in [4.78, 5) is 3.70. The minimum Gasteiger partial charge on any atom is -0.397 e. The van der Waals surface area contributed by atoms with Gasteiger partial charge in [-0.15, -0.1) is 0 Å². The number of imidazole rings is 1. The van der Waals surface area contributed by atoms with Crippen LogP contribution in [0, 0.1) is 0 Å². The predicted molar refractivity (Wildman–Crippen MR) is 44.6 cm³/mol. The summed E-state index contributed by atoms with van der Waals surface area (Å²) >= 11 is 0. The van der Waals surface area contributed by atoms with Crippen LogP contribution in [-0.2, 0) is 6.18 Å². The highest BCUT2D eigenvalue weighted by Crippen LogP contribution is 2.31. The summed E-state index contributed by atoms with van der Waals surface area (Å²) in [6, 6.07) is 0.900. The molecule has 0 unspecified atom stereocenters. The highest BCUT2D eigenvalue weighted by Gasteiger charge is 2.31. The molecule has 0 saturated carbocycles. The summed E-state index contributed by atoms with van der Waals surface area (Å²) in [5.41, 5.74) is 5.20. The van der Waals surface area contributed by atoms with Crippen molar-refractivity contribution < 1.29 is 13.2 Å². The van der Waals surface area contributed by atoms with Crippen molar-refractivity contribution >= 4 is 11.2 Å². The molecule has 0 aliphatic carbocycles. The van der Waals surface area contributed by atoms with Crippen molar-refractivity contribution in [3.63, 3.8) is 0 Å². The summed E-state index contributed by atoms with van der Waals surface area (Å²) in [5.74, 6) is 0. The van der Waals surface area contributed by atoms with E-state index in [1.807, 2.05) is 0 Å². The Morgan fingerprint density at radius 3 is 2.71 bits per heavy atom. The molecule has 14 heavy (non-hydrogen) atoms. The van der Waals surface area contributed by atoms with Crippen LogP contribution in [0.5, 0.6) is 0 Å². The van der Waals surface area contributed by atoms with Gasteiger partial charge in [-0.3, -0.25) is 0 Å². The lowest BCUT2D eigenvalue weighted by Crippen LogP contribution is -2.07. The van der Waals surface area contributed by atoms with Gasteiger partial charge in [0.1, 0.15) is 0 Å². The van der Waals surface area contributed by atoms with E-state index in [-0.39, 0.29) is 5.69 Å². The van der Waals surface area contributed by atoms with Crippen molar-refractivity contribution in [3.05, 3.63) is 30.4 Å². The third kappa shape index (κ3) is 1.28. The zero-order valence-corrected chi connectivity index (χ0v) is 6.92. The molecule has 0 aliphatic heterocycles. The van der Waals surface area contributed by atoms with Crippen LogP contribution in [0.3, 0.4) is 0 Å². The number of hydrogen-bond acceptors (Lipinski definition) is 2. The van der Waals surface area contributed by atoms with E-state index < -0.39 is 11.7 Å². The molecular formula is C8H6F3N3. The van der Waals surface area contributed by atoms with Crippen molar-refractivity contribution in [3.8, 4) is 0 Å². The van der Waals surface area contributed by atoms with Crippen LogP contribution in [0.25, 0.3) is 5.52 Å². The van der Waals surface area contributed by atoms with Gasteiger partial charge in [-0.2, -0.15) is 13.2 Å². The predicted octanol–water partition coefficient (Wildman–Crippen LogP) is 1.94. The van der Waals surface area contributed by atoms with E-state index in [9.17, 15) is 13.2 Å².